The largest absolute Gasteiger partial charge is 0.465 e. The predicted molar refractivity (Wildman–Crippen MR) is 294 cm³/mol. The highest BCUT2D eigenvalue weighted by Crippen LogP contribution is 2.56. The van der Waals surface area contributed by atoms with Crippen LogP contribution in [0, 0.1) is 34.0 Å². The molecule has 10 heteroatoms. The second kappa shape index (κ2) is 19.8. The SMILES string of the molecule is N#CC(C#N)=C1OC(c2ccccc2)(C(F)(F)F)C(/C=C/C2=C(Cl)C(=C\C=C3/CCCc4c3c3ccccc3n4Cc3ccc([Si](c4ccccc4)(c4ccccc4)c4ccccc4)cc3)/c3ccccc32)=C1C#N. The Bertz CT molecular complexity index is 3760. The molecule has 0 saturated heterocycles. The molecule has 1 atom stereocenters. The first kappa shape index (κ1) is 48.4. The summed E-state index contributed by atoms with van der Waals surface area (Å²) in [5, 5.41) is 36.7. The molecule has 0 bridgehead atoms. The summed E-state index contributed by atoms with van der Waals surface area (Å²) in [4.78, 5) is 0. The Morgan fingerprint density at radius 1 is 0.640 bits per heavy atom. The van der Waals surface area contributed by atoms with E-state index in [0.717, 1.165) is 41.3 Å². The second-order valence-electron chi connectivity index (χ2n) is 18.7. The number of para-hydroxylation sites is 1. The van der Waals surface area contributed by atoms with Crippen LogP contribution < -0.4 is 20.7 Å². The highest BCUT2D eigenvalue weighted by Gasteiger charge is 2.65. The molecule has 75 heavy (non-hydrogen) atoms. The molecule has 7 aromatic carbocycles. The van der Waals surface area contributed by atoms with E-state index in [9.17, 15) is 15.8 Å². The van der Waals surface area contributed by atoms with Crippen LogP contribution in [0.25, 0.3) is 27.6 Å². The van der Waals surface area contributed by atoms with Crippen LogP contribution in [0.5, 0.6) is 0 Å². The molecule has 2 aliphatic carbocycles. The van der Waals surface area contributed by atoms with Crippen LogP contribution >= 0.6 is 11.6 Å². The molecule has 0 radical (unpaired) electrons. The number of fused-ring (bicyclic) bond motifs is 4. The summed E-state index contributed by atoms with van der Waals surface area (Å²) in [5.41, 5.74) is 3.12. The summed E-state index contributed by atoms with van der Waals surface area (Å²) in [6.45, 7) is 0.680. The van der Waals surface area contributed by atoms with Gasteiger partial charge < -0.3 is 9.30 Å². The fourth-order valence-electron chi connectivity index (χ4n) is 11.4. The number of benzene rings is 7. The van der Waals surface area contributed by atoms with E-state index >= 15 is 13.2 Å². The number of rotatable bonds is 10. The third-order valence-electron chi connectivity index (χ3n) is 14.7. The van der Waals surface area contributed by atoms with E-state index in [2.05, 4.69) is 150 Å². The maximum Gasteiger partial charge on any atom is 0.437 e. The molecule has 0 amide bonds. The van der Waals surface area contributed by atoms with E-state index in [4.69, 9.17) is 16.3 Å². The van der Waals surface area contributed by atoms with Crippen LogP contribution in [0.1, 0.15) is 46.4 Å². The average molecular weight is 1020 g/mol. The molecule has 0 fully saturated rings. The summed E-state index contributed by atoms with van der Waals surface area (Å²) < 4.78 is 55.0. The van der Waals surface area contributed by atoms with E-state index in [1.807, 2.05) is 36.4 Å². The third kappa shape index (κ3) is 8.08. The van der Waals surface area contributed by atoms with Crippen LogP contribution in [0.4, 0.5) is 13.2 Å². The zero-order chi connectivity index (χ0) is 51.7. The number of nitrogens with zero attached hydrogens (tertiary/aromatic N) is 4. The molecule has 5 nitrogen and oxygen atoms in total. The van der Waals surface area contributed by atoms with Crippen LogP contribution in [0.15, 0.2) is 246 Å². The molecule has 1 aromatic heterocycles. The predicted octanol–water partition coefficient (Wildman–Crippen LogP) is 13.0. The standard InChI is InChI=1S/C65H44ClF3N4OSi/c66-62-54(52-27-13-14-28-53(52)55(62)38-39-58-57(42-72)63(46(40-70)41-71)74-64(58,65(67,68)69)47-19-5-1-6-20-47)37-34-45-18-17-31-60-61(45)56-29-15-16-30-59(56)73(60)43-44-32-35-51(36-33-44)75(48-21-7-2-8-22-48,49-23-9-3-10-24-49)50-25-11-4-12-26-50/h1-16,19-30,32-39H,17-18,31,43H2/b39-38+,45-34+,54-37-. The molecule has 3 aliphatic rings. The third-order valence-corrected chi connectivity index (χ3v) is 19.9. The van der Waals surface area contributed by atoms with Crippen molar-refractivity contribution in [3.63, 3.8) is 0 Å². The first-order valence-electron chi connectivity index (χ1n) is 24.6. The fourth-order valence-corrected chi connectivity index (χ4v) is 16.5. The highest BCUT2D eigenvalue weighted by molar-refractivity contribution is 7.19. The first-order chi connectivity index (χ1) is 36.6. The number of ether oxygens (including phenoxy) is 1. The maximum atomic E-state index is 15.6. The van der Waals surface area contributed by atoms with E-state index < -0.39 is 42.3 Å². The van der Waals surface area contributed by atoms with Crippen LogP contribution in [0.3, 0.4) is 0 Å². The van der Waals surface area contributed by atoms with Crippen molar-refractivity contribution in [3.05, 3.63) is 279 Å². The molecule has 0 saturated carbocycles. The van der Waals surface area contributed by atoms with Crippen molar-refractivity contribution < 1.29 is 17.9 Å². The number of aromatic nitrogens is 1. The van der Waals surface area contributed by atoms with Gasteiger partial charge in [0.2, 0.25) is 0 Å². The molecule has 1 aliphatic heterocycles. The van der Waals surface area contributed by atoms with Gasteiger partial charge in [-0.1, -0.05) is 224 Å². The van der Waals surface area contributed by atoms with E-state index in [-0.39, 0.29) is 5.56 Å². The number of halogens is 4. The lowest BCUT2D eigenvalue weighted by Gasteiger charge is -2.34. The smallest absolute Gasteiger partial charge is 0.437 e. The molecular weight excluding hydrogens is 973 g/mol. The molecule has 362 valence electrons. The summed E-state index contributed by atoms with van der Waals surface area (Å²) in [7, 11) is -2.70. The molecule has 11 rings (SSSR count). The highest BCUT2D eigenvalue weighted by atomic mass is 35.5. The minimum absolute atomic E-state index is 0.311. The second-order valence-corrected chi connectivity index (χ2v) is 22.9. The lowest BCUT2D eigenvalue weighted by atomic mass is 9.83. The fraction of sp³-hybridized carbons (Fsp3) is 0.0923. The van der Waals surface area contributed by atoms with Gasteiger partial charge in [0.25, 0.3) is 5.60 Å². The van der Waals surface area contributed by atoms with Gasteiger partial charge in [0, 0.05) is 51.0 Å². The maximum absolute atomic E-state index is 15.6. The zero-order valence-corrected chi connectivity index (χ0v) is 42.1. The number of alkyl halides is 3. The number of nitriles is 3. The van der Waals surface area contributed by atoms with E-state index in [1.165, 1.54) is 74.0 Å². The van der Waals surface area contributed by atoms with Gasteiger partial charge in [-0.3, -0.25) is 0 Å². The van der Waals surface area contributed by atoms with Gasteiger partial charge in [-0.05, 0) is 68.3 Å². The molecule has 0 N–H and O–H groups in total. The van der Waals surface area contributed by atoms with Gasteiger partial charge in [0.15, 0.2) is 19.4 Å². The monoisotopic (exact) mass is 1020 g/mol. The average Bonchev–Trinajstić information content (AvgIpc) is 4.10. The van der Waals surface area contributed by atoms with Crippen LogP contribution in [0.2, 0.25) is 0 Å². The quantitative estimate of drug-likeness (QED) is 0.0776. The Hall–Kier alpha value is -8.91. The van der Waals surface area contributed by atoms with Crippen molar-refractivity contribution in [2.45, 2.75) is 37.6 Å². The lowest BCUT2D eigenvalue weighted by Crippen LogP contribution is -2.74. The lowest BCUT2D eigenvalue weighted by molar-refractivity contribution is -0.249. The number of hydrogen-bond acceptors (Lipinski definition) is 4. The van der Waals surface area contributed by atoms with E-state index in [1.54, 1.807) is 18.2 Å². The minimum atomic E-state index is -5.13. The molecule has 8 aromatic rings. The zero-order valence-electron chi connectivity index (χ0n) is 40.3. The molecular formula is C65H44ClF3N4OSi. The van der Waals surface area contributed by atoms with Crippen molar-refractivity contribution >= 4 is 68.0 Å². The number of allylic oxidation sites excluding steroid dienone is 9. The van der Waals surface area contributed by atoms with Crippen LogP contribution in [-0.4, -0.2) is 18.8 Å². The van der Waals surface area contributed by atoms with Crippen molar-refractivity contribution in [1.29, 1.82) is 15.8 Å². The van der Waals surface area contributed by atoms with Gasteiger partial charge in [-0.25, -0.2) is 0 Å². The van der Waals surface area contributed by atoms with E-state index in [0.29, 0.717) is 28.3 Å². The van der Waals surface area contributed by atoms with Gasteiger partial charge in [0.1, 0.15) is 23.8 Å². The Kier molecular flexibility index (Phi) is 12.8. The Morgan fingerprint density at radius 3 is 1.77 bits per heavy atom. The summed E-state index contributed by atoms with van der Waals surface area (Å²) in [6, 6.07) is 70.0. The van der Waals surface area contributed by atoms with Gasteiger partial charge in [0.05, 0.1) is 5.03 Å². The molecule has 2 heterocycles. The first-order valence-corrected chi connectivity index (χ1v) is 27.0. The summed E-state index contributed by atoms with van der Waals surface area (Å²) >= 11 is 7.32. The van der Waals surface area contributed by atoms with Crippen molar-refractivity contribution in [2.75, 3.05) is 0 Å². The topological polar surface area (TPSA) is 85.5 Å². The molecule has 1 unspecified atom stereocenters. The molecule has 0 spiro atoms. The van der Waals surface area contributed by atoms with Crippen molar-refractivity contribution in [1.82, 2.24) is 4.57 Å². The normalized spacial score (nSPS) is 17.5. The summed E-state index contributed by atoms with van der Waals surface area (Å²) in [6.07, 6.45) is 4.28. The van der Waals surface area contributed by atoms with Gasteiger partial charge >= 0.3 is 6.18 Å². The minimum Gasteiger partial charge on any atom is -0.465 e. The van der Waals surface area contributed by atoms with Gasteiger partial charge in [-0.2, -0.15) is 29.0 Å². The van der Waals surface area contributed by atoms with Crippen LogP contribution in [-0.2, 0) is 23.3 Å². The van der Waals surface area contributed by atoms with Gasteiger partial charge in [-0.15, -0.1) is 0 Å². The Balaban J connectivity index is 0.980. The Morgan fingerprint density at radius 2 is 1.19 bits per heavy atom. The Labute approximate surface area is 439 Å². The van der Waals surface area contributed by atoms with Crippen molar-refractivity contribution in [3.8, 4) is 18.2 Å². The number of hydrogen-bond donors (Lipinski definition) is 0. The summed E-state index contributed by atoms with van der Waals surface area (Å²) in [5.74, 6) is -0.734. The van der Waals surface area contributed by atoms with Crippen molar-refractivity contribution in [2.24, 2.45) is 0 Å².